The summed E-state index contributed by atoms with van der Waals surface area (Å²) in [5, 5.41) is 0. The van der Waals surface area contributed by atoms with E-state index < -0.39 is 0 Å². The summed E-state index contributed by atoms with van der Waals surface area (Å²) in [7, 11) is 0. The van der Waals surface area contributed by atoms with E-state index in [1.54, 1.807) is 0 Å². The summed E-state index contributed by atoms with van der Waals surface area (Å²) in [6.45, 7) is 0. The molecule has 156 valence electrons. The Morgan fingerprint density at radius 1 is 0.533 bits per heavy atom. The van der Waals surface area contributed by atoms with Crippen LogP contribution in [0.2, 0.25) is 0 Å². The lowest BCUT2D eigenvalue weighted by atomic mass is 10.2. The van der Waals surface area contributed by atoms with E-state index in [4.69, 9.17) is 0 Å². The molecule has 0 saturated carbocycles. The van der Waals surface area contributed by atoms with Gasteiger partial charge in [-0.15, -0.1) is 47.0 Å². The van der Waals surface area contributed by atoms with Crippen LogP contribution in [0.4, 0.5) is 0 Å². The highest BCUT2D eigenvalue weighted by Gasteiger charge is 2.30. The highest BCUT2D eigenvalue weighted by Crippen LogP contribution is 2.66. The molecule has 2 aromatic rings. The van der Waals surface area contributed by atoms with E-state index in [1.807, 2.05) is 94.1 Å². The van der Waals surface area contributed by atoms with E-state index in [1.165, 1.54) is 36.5 Å². The van der Waals surface area contributed by atoms with E-state index in [9.17, 15) is 0 Å². The van der Waals surface area contributed by atoms with Gasteiger partial charge in [0.25, 0.3) is 0 Å². The standard InChI is InChI=1S/C22H20S8/c1-23-17-18(24-2)28-21(27-17)22-29-19(25-13-15-9-5-3-6-10-15)20(30-22)26-14-16-11-7-4-8-12-16/h3-12H,13-14H2,1-2H3. The largest absolute Gasteiger partial charge is 0.121 e. The first-order valence-corrected chi connectivity index (χ1v) is 16.8. The third-order valence-electron chi connectivity index (χ3n) is 4.04. The van der Waals surface area contributed by atoms with Gasteiger partial charge in [-0.1, -0.05) is 108 Å². The molecule has 8 heteroatoms. The molecule has 2 heterocycles. The summed E-state index contributed by atoms with van der Waals surface area (Å²) in [6, 6.07) is 21.6. The fraction of sp³-hybridized carbons (Fsp3) is 0.182. The maximum absolute atomic E-state index is 2.22. The number of hydrogen-bond acceptors (Lipinski definition) is 8. The van der Waals surface area contributed by atoms with E-state index in [2.05, 4.69) is 73.2 Å². The Balaban J connectivity index is 1.49. The zero-order chi connectivity index (χ0) is 20.8. The minimum atomic E-state index is 1.02. The van der Waals surface area contributed by atoms with Crippen LogP contribution in [0.25, 0.3) is 0 Å². The van der Waals surface area contributed by atoms with Crippen molar-refractivity contribution in [1.82, 2.24) is 0 Å². The molecule has 0 fully saturated rings. The molecule has 0 aromatic heterocycles. The van der Waals surface area contributed by atoms with Crippen molar-refractivity contribution in [1.29, 1.82) is 0 Å². The Morgan fingerprint density at radius 3 is 1.27 bits per heavy atom. The lowest BCUT2D eigenvalue weighted by molar-refractivity contribution is 1.42. The lowest BCUT2D eigenvalue weighted by Crippen LogP contribution is -1.81. The van der Waals surface area contributed by atoms with Gasteiger partial charge in [-0.05, 0) is 23.6 Å². The predicted octanol–water partition coefficient (Wildman–Crippen LogP) is 9.92. The Kier molecular flexibility index (Phi) is 9.50. The molecule has 0 bridgehead atoms. The second-order valence-electron chi connectivity index (χ2n) is 6.09. The van der Waals surface area contributed by atoms with Crippen LogP contribution in [0.5, 0.6) is 0 Å². The maximum Gasteiger partial charge on any atom is 0.0717 e. The van der Waals surface area contributed by atoms with Crippen LogP contribution in [0, 0.1) is 0 Å². The monoisotopic (exact) mass is 540 g/mol. The van der Waals surface area contributed by atoms with E-state index >= 15 is 0 Å². The summed E-state index contributed by atoms with van der Waals surface area (Å²) in [5.74, 6) is 2.04. The number of rotatable bonds is 8. The van der Waals surface area contributed by atoms with Gasteiger partial charge in [0.05, 0.1) is 25.4 Å². The molecule has 0 unspecified atom stereocenters. The highest BCUT2D eigenvalue weighted by molar-refractivity contribution is 8.44. The smallest absolute Gasteiger partial charge is 0.0717 e. The van der Waals surface area contributed by atoms with Crippen LogP contribution in [0.15, 0.2) is 86.1 Å². The van der Waals surface area contributed by atoms with Crippen molar-refractivity contribution in [3.63, 3.8) is 0 Å². The van der Waals surface area contributed by atoms with Crippen LogP contribution in [0.3, 0.4) is 0 Å². The van der Waals surface area contributed by atoms with E-state index in [0.29, 0.717) is 0 Å². The Hall–Kier alpha value is 0.460. The molecule has 30 heavy (non-hydrogen) atoms. The van der Waals surface area contributed by atoms with Crippen LogP contribution >= 0.6 is 94.1 Å². The fourth-order valence-electron chi connectivity index (χ4n) is 2.58. The van der Waals surface area contributed by atoms with Gasteiger partial charge in [-0.25, -0.2) is 0 Å². The Labute approximate surface area is 213 Å². The average molecular weight is 541 g/mol. The van der Waals surface area contributed by atoms with Crippen LogP contribution in [-0.4, -0.2) is 12.5 Å². The molecule has 2 aliphatic rings. The van der Waals surface area contributed by atoms with E-state index in [0.717, 1.165) is 11.5 Å². The molecule has 0 atom stereocenters. The predicted molar refractivity (Wildman–Crippen MR) is 154 cm³/mol. The lowest BCUT2D eigenvalue weighted by Gasteiger charge is -2.05. The van der Waals surface area contributed by atoms with Crippen molar-refractivity contribution in [2.45, 2.75) is 11.5 Å². The number of hydrogen-bond donors (Lipinski definition) is 0. The van der Waals surface area contributed by atoms with Gasteiger partial charge in [-0.2, -0.15) is 0 Å². The number of benzene rings is 2. The highest BCUT2D eigenvalue weighted by atomic mass is 32.3. The van der Waals surface area contributed by atoms with Gasteiger partial charge < -0.3 is 0 Å². The molecule has 0 aliphatic carbocycles. The molecular formula is C22H20S8. The molecule has 0 spiro atoms. The normalized spacial score (nSPS) is 16.9. The molecule has 4 rings (SSSR count). The van der Waals surface area contributed by atoms with Gasteiger partial charge in [0.15, 0.2) is 0 Å². The van der Waals surface area contributed by atoms with Crippen molar-refractivity contribution in [2.75, 3.05) is 12.5 Å². The van der Waals surface area contributed by atoms with Gasteiger partial charge in [-0.3, -0.25) is 0 Å². The third kappa shape index (κ3) is 6.28. The zero-order valence-electron chi connectivity index (χ0n) is 16.5. The Morgan fingerprint density at radius 2 is 0.900 bits per heavy atom. The molecule has 2 aliphatic heterocycles. The second-order valence-corrected chi connectivity index (χ2v) is 15.3. The van der Waals surface area contributed by atoms with Crippen molar-refractivity contribution in [3.05, 3.63) is 97.2 Å². The second kappa shape index (κ2) is 12.1. The molecule has 0 amide bonds. The minimum absolute atomic E-state index is 1.02. The maximum atomic E-state index is 2.22. The Bertz CT molecular complexity index is 888. The minimum Gasteiger partial charge on any atom is -0.121 e. The van der Waals surface area contributed by atoms with Crippen molar-refractivity contribution < 1.29 is 0 Å². The molecule has 0 nitrogen and oxygen atoms in total. The van der Waals surface area contributed by atoms with Crippen molar-refractivity contribution in [2.24, 2.45) is 0 Å². The molecule has 0 N–H and O–H groups in total. The summed E-state index contributed by atoms with van der Waals surface area (Å²) < 4.78 is 8.70. The quantitative estimate of drug-likeness (QED) is 0.320. The van der Waals surface area contributed by atoms with Gasteiger partial charge in [0.2, 0.25) is 0 Å². The van der Waals surface area contributed by atoms with Gasteiger partial charge in [0, 0.05) is 11.5 Å². The van der Waals surface area contributed by atoms with Crippen molar-refractivity contribution >= 4 is 94.1 Å². The molecular weight excluding hydrogens is 521 g/mol. The van der Waals surface area contributed by atoms with Crippen LogP contribution < -0.4 is 0 Å². The molecule has 0 saturated heterocycles. The number of thioether (sulfide) groups is 8. The average Bonchev–Trinajstić information content (AvgIpc) is 3.41. The summed E-state index contributed by atoms with van der Waals surface area (Å²) >= 11 is 15.5. The first-order valence-electron chi connectivity index (χ1n) is 9.12. The van der Waals surface area contributed by atoms with Crippen molar-refractivity contribution in [3.8, 4) is 0 Å². The summed E-state index contributed by atoms with van der Waals surface area (Å²) in [5.41, 5.74) is 2.77. The zero-order valence-corrected chi connectivity index (χ0v) is 23.0. The molecule has 2 aromatic carbocycles. The van der Waals surface area contributed by atoms with Crippen LogP contribution in [0.1, 0.15) is 11.1 Å². The topological polar surface area (TPSA) is 0 Å². The molecule has 0 radical (unpaired) electrons. The fourth-order valence-corrected chi connectivity index (χ4v) is 13.6. The van der Waals surface area contributed by atoms with Gasteiger partial charge in [0.1, 0.15) is 0 Å². The first kappa shape index (κ1) is 23.6. The first-order chi connectivity index (χ1) is 14.8. The SMILES string of the molecule is CSC1=C(SC)SC(=C2SC(SCc3ccccc3)=C(SCc3ccccc3)S2)S1. The van der Waals surface area contributed by atoms with Gasteiger partial charge >= 0.3 is 0 Å². The summed E-state index contributed by atoms with van der Waals surface area (Å²) in [4.78, 5) is 0. The van der Waals surface area contributed by atoms with Crippen LogP contribution in [-0.2, 0) is 11.5 Å². The third-order valence-corrected chi connectivity index (χ3v) is 15.4. The summed E-state index contributed by atoms with van der Waals surface area (Å²) in [6.07, 6.45) is 4.37. The van der Waals surface area contributed by atoms with E-state index in [-0.39, 0.29) is 0 Å².